The fourth-order valence-electron chi connectivity index (χ4n) is 3.29. The van der Waals surface area contributed by atoms with Crippen LogP contribution in [0.4, 0.5) is 22.9 Å². The van der Waals surface area contributed by atoms with Crippen LogP contribution in [0.25, 0.3) is 11.0 Å². The van der Waals surface area contributed by atoms with E-state index >= 15 is 0 Å². The quantitative estimate of drug-likeness (QED) is 0.520. The number of hydrogen-bond donors (Lipinski definition) is 2. The Morgan fingerprint density at radius 3 is 2.31 bits per heavy atom. The lowest BCUT2D eigenvalue weighted by molar-refractivity contribution is 0.607. The van der Waals surface area contributed by atoms with Crippen LogP contribution >= 0.6 is 0 Å². The monoisotopic (exact) mass is 408 g/mol. The van der Waals surface area contributed by atoms with Gasteiger partial charge >= 0.3 is 0 Å². The summed E-state index contributed by atoms with van der Waals surface area (Å²) >= 11 is 0. The third-order valence-electron chi connectivity index (χ3n) is 4.32. The number of nitrogens with zero attached hydrogens (tertiary/aromatic N) is 4. The summed E-state index contributed by atoms with van der Waals surface area (Å²) < 4.78 is 25.5. The van der Waals surface area contributed by atoms with Gasteiger partial charge in [-0.05, 0) is 61.4 Å². The SMILES string of the molecule is Cc1cc(C)cc(N(c2ccc(NS(C)(=O)=O)cc2)c2ncnc3cn[nH]c23)c1. The Morgan fingerprint density at radius 1 is 0.966 bits per heavy atom. The molecule has 4 rings (SSSR count). The van der Waals surface area contributed by atoms with Gasteiger partial charge in [0.15, 0.2) is 5.82 Å². The molecule has 0 radical (unpaired) electrons. The molecular weight excluding hydrogens is 388 g/mol. The molecule has 2 N–H and O–H groups in total. The third kappa shape index (κ3) is 4.04. The van der Waals surface area contributed by atoms with E-state index in [0.29, 0.717) is 22.5 Å². The van der Waals surface area contributed by atoms with E-state index in [2.05, 4.69) is 43.1 Å². The van der Waals surface area contributed by atoms with Crippen molar-refractivity contribution in [2.75, 3.05) is 15.9 Å². The summed E-state index contributed by atoms with van der Waals surface area (Å²) in [6.45, 7) is 4.08. The van der Waals surface area contributed by atoms with Crippen molar-refractivity contribution in [3.8, 4) is 0 Å². The Labute approximate surface area is 168 Å². The minimum Gasteiger partial charge on any atom is -0.293 e. The highest BCUT2D eigenvalue weighted by Gasteiger charge is 2.19. The molecule has 0 saturated carbocycles. The zero-order chi connectivity index (χ0) is 20.6. The molecule has 0 fully saturated rings. The second-order valence-corrected chi connectivity index (χ2v) is 8.68. The molecule has 0 bridgehead atoms. The molecule has 4 aromatic rings. The number of aromatic nitrogens is 4. The first-order chi connectivity index (χ1) is 13.8. The molecule has 2 aromatic heterocycles. The van der Waals surface area contributed by atoms with Gasteiger partial charge in [-0.3, -0.25) is 14.7 Å². The van der Waals surface area contributed by atoms with Crippen molar-refractivity contribution >= 4 is 43.9 Å². The maximum atomic E-state index is 11.5. The summed E-state index contributed by atoms with van der Waals surface area (Å²) in [6.07, 6.45) is 4.28. The molecule has 2 heterocycles. The maximum Gasteiger partial charge on any atom is 0.229 e. The number of aryl methyl sites for hydroxylation is 2. The van der Waals surface area contributed by atoms with E-state index < -0.39 is 10.0 Å². The predicted molar refractivity (Wildman–Crippen MR) is 114 cm³/mol. The molecule has 148 valence electrons. The summed E-state index contributed by atoms with van der Waals surface area (Å²) in [6, 6.07) is 13.4. The highest BCUT2D eigenvalue weighted by molar-refractivity contribution is 7.92. The van der Waals surface area contributed by atoms with Gasteiger partial charge in [-0.2, -0.15) is 5.10 Å². The van der Waals surface area contributed by atoms with E-state index in [1.165, 1.54) is 6.33 Å². The first-order valence-electron chi connectivity index (χ1n) is 8.90. The second kappa shape index (κ2) is 7.17. The van der Waals surface area contributed by atoms with Crippen molar-refractivity contribution in [2.24, 2.45) is 0 Å². The first kappa shape index (κ1) is 18.9. The highest BCUT2D eigenvalue weighted by atomic mass is 32.2. The van der Waals surface area contributed by atoms with Crippen LogP contribution in [0.15, 0.2) is 55.0 Å². The normalized spacial score (nSPS) is 11.6. The standard InChI is InChI=1S/C20H20N6O2S/c1-13-8-14(2)10-17(9-13)26(20-19-18(11-23-24-19)21-12-22-20)16-6-4-15(5-7-16)25-29(3,27)28/h4-12,25H,1-3H3,(H,23,24). The number of H-pyrrole nitrogens is 1. The van der Waals surface area contributed by atoms with Crippen LogP contribution in [-0.2, 0) is 10.0 Å². The molecule has 0 spiro atoms. The van der Waals surface area contributed by atoms with Crippen LogP contribution in [0, 0.1) is 13.8 Å². The zero-order valence-electron chi connectivity index (χ0n) is 16.2. The molecule has 0 amide bonds. The van der Waals surface area contributed by atoms with Gasteiger partial charge in [0.1, 0.15) is 17.4 Å². The van der Waals surface area contributed by atoms with E-state index in [1.807, 2.05) is 30.9 Å². The lowest BCUT2D eigenvalue weighted by atomic mass is 10.1. The molecule has 29 heavy (non-hydrogen) atoms. The third-order valence-corrected chi connectivity index (χ3v) is 4.93. The van der Waals surface area contributed by atoms with Gasteiger partial charge in [-0.25, -0.2) is 18.4 Å². The van der Waals surface area contributed by atoms with Crippen LogP contribution in [0.5, 0.6) is 0 Å². The molecule has 2 aromatic carbocycles. The molecule has 8 nitrogen and oxygen atoms in total. The van der Waals surface area contributed by atoms with E-state index in [-0.39, 0.29) is 0 Å². The van der Waals surface area contributed by atoms with E-state index in [1.54, 1.807) is 18.3 Å². The molecule has 0 aliphatic rings. The molecule has 0 atom stereocenters. The molecule has 0 aliphatic heterocycles. The fraction of sp³-hybridized carbons (Fsp3) is 0.150. The minimum atomic E-state index is -3.34. The van der Waals surface area contributed by atoms with Gasteiger partial charge in [0, 0.05) is 17.1 Å². The number of sulfonamides is 1. The number of aromatic amines is 1. The Hall–Kier alpha value is -3.46. The van der Waals surface area contributed by atoms with Crippen molar-refractivity contribution in [3.63, 3.8) is 0 Å². The summed E-state index contributed by atoms with van der Waals surface area (Å²) in [4.78, 5) is 10.8. The van der Waals surface area contributed by atoms with Crippen LogP contribution in [0.1, 0.15) is 11.1 Å². The van der Waals surface area contributed by atoms with Crippen molar-refractivity contribution < 1.29 is 8.42 Å². The number of hydrogen-bond acceptors (Lipinski definition) is 6. The average Bonchev–Trinajstić information content (AvgIpc) is 3.11. The van der Waals surface area contributed by atoms with Gasteiger partial charge < -0.3 is 0 Å². The van der Waals surface area contributed by atoms with Gasteiger partial charge in [0.25, 0.3) is 0 Å². The van der Waals surface area contributed by atoms with Crippen LogP contribution in [-0.4, -0.2) is 34.8 Å². The lowest BCUT2D eigenvalue weighted by Crippen LogP contribution is -2.13. The van der Waals surface area contributed by atoms with E-state index in [0.717, 1.165) is 28.8 Å². The second-order valence-electron chi connectivity index (χ2n) is 6.93. The van der Waals surface area contributed by atoms with Gasteiger partial charge in [0.2, 0.25) is 10.0 Å². The van der Waals surface area contributed by atoms with Gasteiger partial charge in [-0.15, -0.1) is 0 Å². The van der Waals surface area contributed by atoms with Crippen molar-refractivity contribution in [2.45, 2.75) is 13.8 Å². The Bertz CT molecular complexity index is 1260. The Kier molecular flexibility index (Phi) is 4.67. The minimum absolute atomic E-state index is 0.492. The van der Waals surface area contributed by atoms with Crippen molar-refractivity contribution in [3.05, 3.63) is 66.1 Å². The number of anilines is 4. The molecule has 9 heteroatoms. The summed E-state index contributed by atoms with van der Waals surface area (Å²) in [5, 5.41) is 7.06. The average molecular weight is 408 g/mol. The van der Waals surface area contributed by atoms with Crippen LogP contribution < -0.4 is 9.62 Å². The summed E-state index contributed by atoms with van der Waals surface area (Å²) in [5.41, 5.74) is 5.91. The molecule has 0 aliphatic carbocycles. The fourth-order valence-corrected chi connectivity index (χ4v) is 3.85. The largest absolute Gasteiger partial charge is 0.293 e. The van der Waals surface area contributed by atoms with Crippen LogP contribution in [0.3, 0.4) is 0 Å². The lowest BCUT2D eigenvalue weighted by Gasteiger charge is -2.25. The van der Waals surface area contributed by atoms with Gasteiger partial charge in [-0.1, -0.05) is 6.07 Å². The summed E-state index contributed by atoms with van der Waals surface area (Å²) in [7, 11) is -3.34. The Balaban J connectivity index is 1.88. The smallest absolute Gasteiger partial charge is 0.229 e. The Morgan fingerprint density at radius 2 is 1.66 bits per heavy atom. The van der Waals surface area contributed by atoms with Crippen LogP contribution in [0.2, 0.25) is 0 Å². The number of rotatable bonds is 5. The van der Waals surface area contributed by atoms with E-state index in [4.69, 9.17) is 0 Å². The van der Waals surface area contributed by atoms with E-state index in [9.17, 15) is 8.42 Å². The van der Waals surface area contributed by atoms with Crippen molar-refractivity contribution in [1.82, 2.24) is 20.2 Å². The topological polar surface area (TPSA) is 104 Å². The molecule has 0 saturated heterocycles. The zero-order valence-corrected chi connectivity index (χ0v) is 17.0. The molecular formula is C20H20N6O2S. The number of nitrogens with one attached hydrogen (secondary N) is 2. The predicted octanol–water partition coefficient (Wildman–Crippen LogP) is 3.81. The number of benzene rings is 2. The molecule has 0 unspecified atom stereocenters. The maximum absolute atomic E-state index is 11.5. The number of fused-ring (bicyclic) bond motifs is 1. The van der Waals surface area contributed by atoms with Crippen molar-refractivity contribution in [1.29, 1.82) is 0 Å². The summed E-state index contributed by atoms with van der Waals surface area (Å²) in [5.74, 6) is 0.654. The van der Waals surface area contributed by atoms with Gasteiger partial charge in [0.05, 0.1) is 12.5 Å². The highest BCUT2D eigenvalue weighted by Crippen LogP contribution is 2.37. The first-order valence-corrected chi connectivity index (χ1v) is 10.8.